The number of hydrogen-bond donors (Lipinski definition) is 1. The highest BCUT2D eigenvalue weighted by Crippen LogP contribution is 2.29. The Morgan fingerprint density at radius 1 is 1.13 bits per heavy atom. The van der Waals surface area contributed by atoms with E-state index in [4.69, 9.17) is 5.26 Å². The number of amides is 1. The molecule has 0 spiro atoms. The molecule has 0 radical (unpaired) electrons. The van der Waals surface area contributed by atoms with Crippen molar-refractivity contribution in [3.63, 3.8) is 0 Å². The van der Waals surface area contributed by atoms with E-state index in [1.807, 2.05) is 60.0 Å². The van der Waals surface area contributed by atoms with Crippen LogP contribution in [0.25, 0.3) is 21.8 Å². The van der Waals surface area contributed by atoms with Crippen molar-refractivity contribution in [3.05, 3.63) is 60.0 Å². The SMILES string of the molecule is N#CCC(=O)Nc1cccc(-c2csc(-c3ccccc3)n2)c1. The van der Waals surface area contributed by atoms with Gasteiger partial charge < -0.3 is 5.32 Å². The number of carbonyl (C=O) groups excluding carboxylic acids is 1. The van der Waals surface area contributed by atoms with Gasteiger partial charge in [-0.25, -0.2) is 4.98 Å². The number of rotatable bonds is 4. The molecule has 0 atom stereocenters. The average Bonchev–Trinajstić information content (AvgIpc) is 3.06. The Bertz CT molecular complexity index is 865. The highest BCUT2D eigenvalue weighted by molar-refractivity contribution is 7.13. The van der Waals surface area contributed by atoms with E-state index in [9.17, 15) is 4.79 Å². The molecule has 0 fully saturated rings. The third kappa shape index (κ3) is 3.62. The molecule has 1 amide bonds. The number of anilines is 1. The molecule has 3 rings (SSSR count). The summed E-state index contributed by atoms with van der Waals surface area (Å²) in [5.41, 5.74) is 3.54. The van der Waals surface area contributed by atoms with Crippen molar-refractivity contribution in [2.24, 2.45) is 0 Å². The summed E-state index contributed by atoms with van der Waals surface area (Å²) in [6, 6.07) is 19.3. The second-order valence-corrected chi connectivity index (χ2v) is 5.73. The number of nitrogens with zero attached hydrogens (tertiary/aromatic N) is 2. The maximum absolute atomic E-state index is 11.5. The Morgan fingerprint density at radius 3 is 2.70 bits per heavy atom. The molecule has 112 valence electrons. The summed E-state index contributed by atoms with van der Waals surface area (Å²) in [6.07, 6.45) is -0.154. The van der Waals surface area contributed by atoms with Crippen LogP contribution in [0.15, 0.2) is 60.0 Å². The zero-order valence-corrected chi connectivity index (χ0v) is 13.0. The molecule has 23 heavy (non-hydrogen) atoms. The van der Waals surface area contributed by atoms with Crippen LogP contribution in [0.5, 0.6) is 0 Å². The van der Waals surface area contributed by atoms with Gasteiger partial charge in [-0.3, -0.25) is 4.79 Å². The fraction of sp³-hybridized carbons (Fsp3) is 0.0556. The summed E-state index contributed by atoms with van der Waals surface area (Å²) in [7, 11) is 0. The Kier molecular flexibility index (Phi) is 4.46. The number of aromatic nitrogens is 1. The molecule has 4 nitrogen and oxygen atoms in total. The third-order valence-electron chi connectivity index (χ3n) is 3.21. The van der Waals surface area contributed by atoms with Crippen molar-refractivity contribution in [2.45, 2.75) is 6.42 Å². The van der Waals surface area contributed by atoms with Crippen LogP contribution in [0, 0.1) is 11.3 Å². The van der Waals surface area contributed by atoms with E-state index in [-0.39, 0.29) is 12.3 Å². The van der Waals surface area contributed by atoms with Gasteiger partial charge in [0.2, 0.25) is 5.91 Å². The largest absolute Gasteiger partial charge is 0.325 e. The van der Waals surface area contributed by atoms with E-state index in [2.05, 4.69) is 10.3 Å². The highest BCUT2D eigenvalue weighted by atomic mass is 32.1. The summed E-state index contributed by atoms with van der Waals surface area (Å²) in [4.78, 5) is 16.2. The summed E-state index contributed by atoms with van der Waals surface area (Å²) in [6.45, 7) is 0. The van der Waals surface area contributed by atoms with Gasteiger partial charge in [0.1, 0.15) is 11.4 Å². The molecule has 0 aliphatic heterocycles. The maximum Gasteiger partial charge on any atom is 0.238 e. The lowest BCUT2D eigenvalue weighted by atomic mass is 10.1. The van der Waals surface area contributed by atoms with E-state index < -0.39 is 0 Å². The first-order valence-corrected chi connectivity index (χ1v) is 7.92. The number of hydrogen-bond acceptors (Lipinski definition) is 4. The number of nitrogens with one attached hydrogen (secondary N) is 1. The quantitative estimate of drug-likeness (QED) is 0.778. The van der Waals surface area contributed by atoms with E-state index in [0.717, 1.165) is 21.8 Å². The molecular formula is C18H13N3OS. The smallest absolute Gasteiger partial charge is 0.238 e. The summed E-state index contributed by atoms with van der Waals surface area (Å²) in [5, 5.41) is 14.2. The van der Waals surface area contributed by atoms with Gasteiger partial charge in [0, 0.05) is 22.2 Å². The van der Waals surface area contributed by atoms with Crippen molar-refractivity contribution in [1.29, 1.82) is 5.26 Å². The van der Waals surface area contributed by atoms with Crippen LogP contribution >= 0.6 is 11.3 Å². The van der Waals surface area contributed by atoms with Crippen LogP contribution in [0.1, 0.15) is 6.42 Å². The van der Waals surface area contributed by atoms with Crippen molar-refractivity contribution in [2.75, 3.05) is 5.32 Å². The van der Waals surface area contributed by atoms with Gasteiger partial charge in [0.25, 0.3) is 0 Å². The van der Waals surface area contributed by atoms with E-state index in [0.29, 0.717) is 5.69 Å². The Labute approximate surface area is 138 Å². The van der Waals surface area contributed by atoms with Gasteiger partial charge in [0.05, 0.1) is 11.8 Å². The van der Waals surface area contributed by atoms with E-state index >= 15 is 0 Å². The van der Waals surface area contributed by atoms with Crippen LogP contribution in [-0.2, 0) is 4.79 Å². The predicted molar refractivity (Wildman–Crippen MR) is 91.8 cm³/mol. The molecule has 0 saturated heterocycles. The minimum absolute atomic E-state index is 0.154. The lowest BCUT2D eigenvalue weighted by Gasteiger charge is -2.04. The molecule has 0 bridgehead atoms. The van der Waals surface area contributed by atoms with Crippen molar-refractivity contribution in [1.82, 2.24) is 4.98 Å². The van der Waals surface area contributed by atoms with Gasteiger partial charge in [-0.05, 0) is 12.1 Å². The Balaban J connectivity index is 1.84. The van der Waals surface area contributed by atoms with Crippen molar-refractivity contribution >= 4 is 22.9 Å². The standard InChI is InChI=1S/C18H13N3OS/c19-10-9-17(22)20-15-8-4-7-14(11-15)16-12-23-18(21-16)13-5-2-1-3-6-13/h1-8,11-12H,9H2,(H,20,22). The van der Waals surface area contributed by atoms with Crippen molar-refractivity contribution in [3.8, 4) is 27.9 Å². The van der Waals surface area contributed by atoms with Gasteiger partial charge in [0.15, 0.2) is 0 Å². The summed E-state index contributed by atoms with van der Waals surface area (Å²) >= 11 is 1.58. The van der Waals surface area contributed by atoms with Crippen LogP contribution < -0.4 is 5.32 Å². The second kappa shape index (κ2) is 6.86. The zero-order chi connectivity index (χ0) is 16.1. The van der Waals surface area contributed by atoms with Crippen LogP contribution in [-0.4, -0.2) is 10.9 Å². The topological polar surface area (TPSA) is 65.8 Å². The van der Waals surface area contributed by atoms with E-state index in [1.54, 1.807) is 17.4 Å². The molecular weight excluding hydrogens is 306 g/mol. The van der Waals surface area contributed by atoms with Crippen LogP contribution in [0.3, 0.4) is 0 Å². The summed E-state index contributed by atoms with van der Waals surface area (Å²) in [5.74, 6) is -0.312. The fourth-order valence-corrected chi connectivity index (χ4v) is 2.99. The van der Waals surface area contributed by atoms with Crippen LogP contribution in [0.4, 0.5) is 5.69 Å². The Morgan fingerprint density at radius 2 is 1.91 bits per heavy atom. The molecule has 0 saturated carbocycles. The molecule has 2 aromatic carbocycles. The van der Waals surface area contributed by atoms with Crippen LogP contribution in [0.2, 0.25) is 0 Å². The number of nitriles is 1. The predicted octanol–water partition coefficient (Wildman–Crippen LogP) is 4.33. The second-order valence-electron chi connectivity index (χ2n) is 4.87. The van der Waals surface area contributed by atoms with Gasteiger partial charge in [-0.1, -0.05) is 42.5 Å². The average molecular weight is 319 g/mol. The maximum atomic E-state index is 11.5. The number of thiazole rings is 1. The number of benzene rings is 2. The Hall–Kier alpha value is -2.97. The lowest BCUT2D eigenvalue weighted by Crippen LogP contribution is -2.09. The van der Waals surface area contributed by atoms with Gasteiger partial charge in [-0.15, -0.1) is 11.3 Å². The molecule has 0 unspecified atom stereocenters. The molecule has 1 N–H and O–H groups in total. The van der Waals surface area contributed by atoms with Crippen molar-refractivity contribution < 1.29 is 4.79 Å². The highest BCUT2D eigenvalue weighted by Gasteiger charge is 2.08. The molecule has 1 heterocycles. The summed E-state index contributed by atoms with van der Waals surface area (Å²) < 4.78 is 0. The molecule has 5 heteroatoms. The molecule has 3 aromatic rings. The first-order valence-electron chi connectivity index (χ1n) is 7.04. The van der Waals surface area contributed by atoms with Gasteiger partial charge in [-0.2, -0.15) is 5.26 Å². The first-order chi connectivity index (χ1) is 11.3. The minimum Gasteiger partial charge on any atom is -0.325 e. The lowest BCUT2D eigenvalue weighted by molar-refractivity contribution is -0.115. The zero-order valence-electron chi connectivity index (χ0n) is 12.2. The first kappa shape index (κ1) is 14.9. The van der Waals surface area contributed by atoms with Gasteiger partial charge >= 0.3 is 0 Å². The minimum atomic E-state index is -0.312. The molecule has 0 aliphatic carbocycles. The molecule has 0 aliphatic rings. The fourth-order valence-electron chi connectivity index (χ4n) is 2.15. The third-order valence-corrected chi connectivity index (χ3v) is 4.10. The normalized spacial score (nSPS) is 10.0. The molecule has 1 aromatic heterocycles. The monoisotopic (exact) mass is 319 g/mol. The van der Waals surface area contributed by atoms with E-state index in [1.165, 1.54) is 0 Å². The number of carbonyl (C=O) groups is 1.